The first kappa shape index (κ1) is 21.8. The van der Waals surface area contributed by atoms with Crippen LogP contribution in [0.3, 0.4) is 0 Å². The molecule has 0 radical (unpaired) electrons. The fraction of sp³-hybridized carbons (Fsp3) is 0.375. The molecule has 1 aliphatic heterocycles. The lowest BCUT2D eigenvalue weighted by Crippen LogP contribution is -2.69. The summed E-state index contributed by atoms with van der Waals surface area (Å²) in [5.41, 5.74) is 0. The maximum atomic E-state index is 12.5. The molecule has 3 atom stereocenters. The molecule has 28 heavy (non-hydrogen) atoms. The number of urea groups is 1. The Morgan fingerprint density at radius 2 is 1.93 bits per heavy atom. The number of nitrogens with one attached hydrogen (secondary N) is 3. The van der Waals surface area contributed by atoms with Crippen molar-refractivity contribution in [3.63, 3.8) is 0 Å². The van der Waals surface area contributed by atoms with E-state index in [1.165, 1.54) is 51.5 Å². The number of benzene rings is 1. The molecule has 4 N–H and O–H groups in total. The van der Waals surface area contributed by atoms with Gasteiger partial charge in [-0.15, -0.1) is 11.6 Å². The predicted molar refractivity (Wildman–Crippen MR) is 102 cm³/mol. The number of methoxy groups -OCH3 is 2. The Bertz CT molecular complexity index is 874. The molecule has 154 valence electrons. The molecule has 0 saturated carbocycles. The fourth-order valence-electron chi connectivity index (χ4n) is 2.37. The van der Waals surface area contributed by atoms with Gasteiger partial charge >= 0.3 is 6.03 Å². The zero-order chi connectivity index (χ0) is 20.9. The van der Waals surface area contributed by atoms with E-state index in [1.807, 2.05) is 4.72 Å². The smallest absolute Gasteiger partial charge is 0.332 e. The van der Waals surface area contributed by atoms with E-state index in [0.29, 0.717) is 0 Å². The number of carbonyl (C=O) groups excluding carboxylic acids is 1. The van der Waals surface area contributed by atoms with E-state index in [2.05, 4.69) is 15.6 Å². The molecule has 3 unspecified atom stereocenters. The number of aliphatic imine (C=N–C) groups is 1. The first-order chi connectivity index (χ1) is 13.1. The minimum Gasteiger partial charge on any atom is -0.482 e. The van der Waals surface area contributed by atoms with Gasteiger partial charge in [0.15, 0.2) is 5.88 Å². The number of aliphatic hydroxyl groups excluding tert-OH is 1. The summed E-state index contributed by atoms with van der Waals surface area (Å²) in [6, 6.07) is 6.17. The highest BCUT2D eigenvalue weighted by molar-refractivity contribution is 7.90. The van der Waals surface area contributed by atoms with Gasteiger partial charge in [0, 0.05) is 0 Å². The van der Waals surface area contributed by atoms with E-state index in [4.69, 9.17) is 21.1 Å². The van der Waals surface area contributed by atoms with Crippen molar-refractivity contribution in [3.8, 4) is 0 Å². The molecule has 2 amide bonds. The number of aliphatic hydroxyl groups is 1. The molecule has 1 heterocycles. The molecule has 1 aliphatic rings. The third kappa shape index (κ3) is 4.86. The number of alkyl halides is 1. The van der Waals surface area contributed by atoms with Gasteiger partial charge in [0.05, 0.1) is 30.6 Å². The van der Waals surface area contributed by atoms with E-state index in [1.54, 1.807) is 6.07 Å². The summed E-state index contributed by atoms with van der Waals surface area (Å²) in [6.45, 7) is 1.47. The minimum absolute atomic E-state index is 0.0122. The number of hydrogen-bond donors (Lipinski definition) is 4. The maximum absolute atomic E-state index is 12.5. The Kier molecular flexibility index (Phi) is 6.75. The van der Waals surface area contributed by atoms with Gasteiger partial charge in [0.2, 0.25) is 11.7 Å². The summed E-state index contributed by atoms with van der Waals surface area (Å²) < 4.78 is 36.7. The second-order valence-corrected chi connectivity index (χ2v) is 8.12. The van der Waals surface area contributed by atoms with E-state index in [0.717, 1.165) is 0 Å². The number of halogens is 1. The van der Waals surface area contributed by atoms with Crippen LogP contribution in [0.15, 0.2) is 52.2 Å². The monoisotopic (exact) mass is 432 g/mol. The minimum atomic E-state index is -4.15. The molecule has 0 bridgehead atoms. The first-order valence-electron chi connectivity index (χ1n) is 8.03. The topological polar surface area (TPSA) is 138 Å². The molecule has 12 heteroatoms. The van der Waals surface area contributed by atoms with Gasteiger partial charge in [-0.2, -0.15) is 4.99 Å². The van der Waals surface area contributed by atoms with Crippen LogP contribution in [0.5, 0.6) is 0 Å². The van der Waals surface area contributed by atoms with Gasteiger partial charge in [0.1, 0.15) is 6.10 Å². The standard InChI is InChI=1S/C16H21ClN4O6S/c1-10(17)14(22)16(18-12(26-2)9-13(19-16)27-3)20-15(23)21-28(24,25)11-7-5-4-6-8-11/h4-10,14,18,22H,1-3H3,(H2,20,21,23). The largest absolute Gasteiger partial charge is 0.482 e. The van der Waals surface area contributed by atoms with Crippen LogP contribution in [-0.4, -0.2) is 56.9 Å². The summed E-state index contributed by atoms with van der Waals surface area (Å²) in [4.78, 5) is 16.5. The lowest BCUT2D eigenvalue weighted by Gasteiger charge is -2.39. The summed E-state index contributed by atoms with van der Waals surface area (Å²) in [7, 11) is -1.48. The number of hydrogen-bond acceptors (Lipinski definition) is 8. The molecule has 1 aromatic rings. The molecule has 10 nitrogen and oxygen atoms in total. The van der Waals surface area contributed by atoms with Crippen molar-refractivity contribution in [2.75, 3.05) is 14.2 Å². The van der Waals surface area contributed by atoms with Crippen molar-refractivity contribution in [1.29, 1.82) is 0 Å². The quantitative estimate of drug-likeness (QED) is 0.479. The van der Waals surface area contributed by atoms with Crippen LogP contribution >= 0.6 is 11.6 Å². The summed E-state index contributed by atoms with van der Waals surface area (Å²) >= 11 is 6.00. The number of rotatable bonds is 6. The highest BCUT2D eigenvalue weighted by atomic mass is 35.5. The van der Waals surface area contributed by atoms with E-state index >= 15 is 0 Å². The zero-order valence-corrected chi connectivity index (χ0v) is 16.9. The predicted octanol–water partition coefficient (Wildman–Crippen LogP) is 0.452. The van der Waals surface area contributed by atoms with Gasteiger partial charge in [0.25, 0.3) is 10.0 Å². The van der Waals surface area contributed by atoms with Crippen molar-refractivity contribution in [3.05, 3.63) is 42.3 Å². The molecule has 1 aromatic carbocycles. The highest BCUT2D eigenvalue weighted by Gasteiger charge is 2.45. The highest BCUT2D eigenvalue weighted by Crippen LogP contribution is 2.22. The van der Waals surface area contributed by atoms with Crippen LogP contribution in [0, 0.1) is 0 Å². The van der Waals surface area contributed by atoms with Gasteiger partial charge in [-0.05, 0) is 19.1 Å². The number of carbonyl (C=O) groups is 1. The Balaban J connectivity index is 2.33. The zero-order valence-electron chi connectivity index (χ0n) is 15.3. The van der Waals surface area contributed by atoms with Crippen LogP contribution < -0.4 is 15.4 Å². The Morgan fingerprint density at radius 3 is 2.46 bits per heavy atom. The molecule has 0 aliphatic carbocycles. The molecule has 0 saturated heterocycles. The molecular formula is C16H21ClN4O6S. The van der Waals surface area contributed by atoms with E-state index in [-0.39, 0.29) is 16.7 Å². The average molecular weight is 433 g/mol. The van der Waals surface area contributed by atoms with Crippen molar-refractivity contribution in [1.82, 2.24) is 15.4 Å². The second-order valence-electron chi connectivity index (χ2n) is 5.75. The van der Waals surface area contributed by atoms with Crippen LogP contribution in [0.2, 0.25) is 0 Å². The maximum Gasteiger partial charge on any atom is 0.332 e. The molecular weight excluding hydrogens is 412 g/mol. The number of sulfonamides is 1. The SMILES string of the molecule is COC1=CC(OC)=NC(NC(=O)NS(=O)(=O)c2ccccc2)(C(O)C(C)Cl)N1. The summed E-state index contributed by atoms with van der Waals surface area (Å²) in [6.07, 6.45) is -0.104. The first-order valence-corrected chi connectivity index (χ1v) is 9.95. The Morgan fingerprint density at radius 1 is 1.29 bits per heavy atom. The van der Waals surface area contributed by atoms with E-state index < -0.39 is 33.3 Å². The van der Waals surface area contributed by atoms with Crippen molar-refractivity contribution >= 4 is 33.6 Å². The lowest BCUT2D eigenvalue weighted by molar-refractivity contribution is 0.0380. The molecule has 0 spiro atoms. The third-order valence-electron chi connectivity index (χ3n) is 3.73. The van der Waals surface area contributed by atoms with Gasteiger partial charge in [-0.3, -0.25) is 5.32 Å². The van der Waals surface area contributed by atoms with Gasteiger partial charge in [-0.1, -0.05) is 18.2 Å². The van der Waals surface area contributed by atoms with E-state index in [9.17, 15) is 18.3 Å². The van der Waals surface area contributed by atoms with Gasteiger partial charge < -0.3 is 19.9 Å². The number of ether oxygens (including phenoxy) is 2. The number of amides is 2. The van der Waals surface area contributed by atoms with Crippen LogP contribution in [0.25, 0.3) is 0 Å². The van der Waals surface area contributed by atoms with Crippen LogP contribution in [-0.2, 0) is 19.5 Å². The summed E-state index contributed by atoms with van der Waals surface area (Å²) in [5, 5.41) is 14.7. The fourth-order valence-corrected chi connectivity index (χ4v) is 3.48. The van der Waals surface area contributed by atoms with Gasteiger partial charge in [-0.25, -0.2) is 17.9 Å². The lowest BCUT2D eigenvalue weighted by atomic mass is 10.1. The molecule has 2 rings (SSSR count). The Hall–Kier alpha value is -2.50. The van der Waals surface area contributed by atoms with Crippen LogP contribution in [0.1, 0.15) is 6.92 Å². The second kappa shape index (κ2) is 8.67. The number of nitrogens with zero attached hydrogens (tertiary/aromatic N) is 1. The Labute approximate surface area is 167 Å². The van der Waals surface area contributed by atoms with Crippen LogP contribution in [0.4, 0.5) is 4.79 Å². The van der Waals surface area contributed by atoms with Crippen molar-refractivity contribution in [2.24, 2.45) is 4.99 Å². The van der Waals surface area contributed by atoms with Crippen molar-refractivity contribution < 1.29 is 27.8 Å². The normalized spacial score (nSPS) is 21.3. The average Bonchev–Trinajstić information content (AvgIpc) is 2.66. The molecule has 0 aromatic heterocycles. The summed E-state index contributed by atoms with van der Waals surface area (Å²) in [5.74, 6) is -1.82. The third-order valence-corrected chi connectivity index (χ3v) is 5.32. The van der Waals surface area contributed by atoms with Crippen molar-refractivity contribution in [2.45, 2.75) is 29.1 Å². The molecule has 0 fully saturated rings.